The largest absolute Gasteiger partial charge is 0.481 e. The lowest BCUT2D eigenvalue weighted by atomic mass is 9.98. The zero-order valence-electron chi connectivity index (χ0n) is 18.9. The first-order valence-electron chi connectivity index (χ1n) is 11.6. The molecule has 2 amide bonds. The molecule has 3 N–H and O–H groups in total. The number of nitrogens with one attached hydrogen (secondary N) is 2. The van der Waals surface area contributed by atoms with Gasteiger partial charge in [-0.25, -0.2) is 4.79 Å². The number of hydrogen-bond donors (Lipinski definition) is 3. The van der Waals surface area contributed by atoms with Gasteiger partial charge in [0.15, 0.2) is 0 Å². The number of piperidine rings is 1. The molecule has 1 aromatic heterocycles. The van der Waals surface area contributed by atoms with Gasteiger partial charge in [-0.05, 0) is 41.5 Å². The van der Waals surface area contributed by atoms with Crippen molar-refractivity contribution in [1.29, 1.82) is 0 Å². The van der Waals surface area contributed by atoms with Crippen molar-refractivity contribution in [2.24, 2.45) is 0 Å². The van der Waals surface area contributed by atoms with Crippen LogP contribution < -0.4 is 5.32 Å². The number of aromatic nitrogens is 3. The van der Waals surface area contributed by atoms with Gasteiger partial charge in [-0.15, -0.1) is 5.10 Å². The van der Waals surface area contributed by atoms with Crippen LogP contribution >= 0.6 is 0 Å². The highest BCUT2D eigenvalue weighted by Gasteiger charge is 2.32. The molecule has 3 aromatic rings. The number of rotatable bonds is 6. The van der Waals surface area contributed by atoms with E-state index in [1.807, 2.05) is 36.4 Å². The predicted molar refractivity (Wildman–Crippen MR) is 126 cm³/mol. The minimum Gasteiger partial charge on any atom is -0.481 e. The Labute approximate surface area is 201 Å². The fourth-order valence-corrected chi connectivity index (χ4v) is 4.96. The maximum atomic E-state index is 12.9. The number of aromatic amines is 1. The number of amides is 2. The fraction of sp³-hybridized carbons (Fsp3) is 0.320. The molecule has 1 fully saturated rings. The number of carboxylic acid groups (broad SMARTS) is 1. The van der Waals surface area contributed by atoms with Gasteiger partial charge < -0.3 is 14.7 Å². The van der Waals surface area contributed by atoms with E-state index in [1.54, 1.807) is 0 Å². The van der Waals surface area contributed by atoms with Crippen molar-refractivity contribution >= 4 is 23.9 Å². The highest BCUT2D eigenvalue weighted by atomic mass is 16.5. The molecule has 10 heteroatoms. The molecule has 35 heavy (non-hydrogen) atoms. The topological polar surface area (TPSA) is 138 Å². The average molecular weight is 476 g/mol. The quantitative estimate of drug-likeness (QED) is 0.495. The molecule has 2 aromatic carbocycles. The maximum absolute atomic E-state index is 12.9. The third kappa shape index (κ3) is 4.59. The number of benzene rings is 2. The Kier molecular flexibility index (Phi) is 6.17. The summed E-state index contributed by atoms with van der Waals surface area (Å²) in [5.74, 6) is -1.62. The number of carboxylic acids is 1. The van der Waals surface area contributed by atoms with E-state index in [0.717, 1.165) is 35.1 Å². The molecule has 0 unspecified atom stereocenters. The van der Waals surface area contributed by atoms with E-state index in [-0.39, 0.29) is 30.7 Å². The average Bonchev–Trinajstić information content (AvgIpc) is 3.45. The molecule has 10 nitrogen and oxygen atoms in total. The van der Waals surface area contributed by atoms with E-state index < -0.39 is 24.0 Å². The first-order valence-corrected chi connectivity index (χ1v) is 11.6. The third-order valence-corrected chi connectivity index (χ3v) is 6.54. The van der Waals surface area contributed by atoms with E-state index >= 15 is 0 Å². The number of carbonyl (C=O) groups is 3. The molecule has 1 saturated heterocycles. The van der Waals surface area contributed by atoms with Crippen molar-refractivity contribution < 1.29 is 24.2 Å². The maximum Gasteiger partial charge on any atom is 0.414 e. The number of ether oxygens (including phenoxy) is 1. The van der Waals surface area contributed by atoms with Crippen LogP contribution in [0.15, 0.2) is 48.5 Å². The van der Waals surface area contributed by atoms with Gasteiger partial charge in [-0.1, -0.05) is 48.5 Å². The summed E-state index contributed by atoms with van der Waals surface area (Å²) in [5.41, 5.74) is 4.47. The van der Waals surface area contributed by atoms with Crippen LogP contribution in [0.1, 0.15) is 53.3 Å². The summed E-state index contributed by atoms with van der Waals surface area (Å²) in [6.45, 7) is 0.591. The van der Waals surface area contributed by atoms with Crippen molar-refractivity contribution in [3.63, 3.8) is 0 Å². The number of hydrogen-bond acceptors (Lipinski definition) is 6. The van der Waals surface area contributed by atoms with Crippen LogP contribution in [0, 0.1) is 0 Å². The SMILES string of the molecule is O=C(O)C[C@@H]1CCCCN1C(=O)c1nc(NC(=O)OCC2c3ccccc3-c3ccccc32)n[nH]1. The zero-order valence-corrected chi connectivity index (χ0v) is 18.9. The molecular weight excluding hydrogens is 450 g/mol. The molecule has 1 aliphatic carbocycles. The van der Waals surface area contributed by atoms with Crippen LogP contribution in [-0.2, 0) is 9.53 Å². The van der Waals surface area contributed by atoms with Crippen LogP contribution in [0.25, 0.3) is 11.1 Å². The van der Waals surface area contributed by atoms with Gasteiger partial charge in [-0.3, -0.25) is 20.0 Å². The minimum atomic E-state index is -0.954. The summed E-state index contributed by atoms with van der Waals surface area (Å²) in [4.78, 5) is 42.1. The van der Waals surface area contributed by atoms with Crippen LogP contribution in [0.2, 0.25) is 0 Å². The second kappa shape index (κ2) is 9.57. The van der Waals surface area contributed by atoms with Crippen LogP contribution in [-0.4, -0.2) is 62.4 Å². The van der Waals surface area contributed by atoms with Crippen molar-refractivity contribution in [2.75, 3.05) is 18.5 Å². The fourth-order valence-electron chi connectivity index (χ4n) is 4.96. The number of fused-ring (bicyclic) bond motifs is 3. The molecule has 2 aliphatic rings. The van der Waals surface area contributed by atoms with Crippen molar-refractivity contribution in [1.82, 2.24) is 20.1 Å². The summed E-state index contributed by atoms with van der Waals surface area (Å²) in [6.07, 6.45) is 1.43. The van der Waals surface area contributed by atoms with Gasteiger partial charge in [0, 0.05) is 18.5 Å². The molecule has 1 atom stereocenters. The molecule has 0 bridgehead atoms. The van der Waals surface area contributed by atoms with Crippen LogP contribution in [0.4, 0.5) is 10.7 Å². The zero-order chi connectivity index (χ0) is 24.4. The second-order valence-corrected chi connectivity index (χ2v) is 8.70. The number of carbonyl (C=O) groups excluding carboxylic acids is 2. The van der Waals surface area contributed by atoms with E-state index in [9.17, 15) is 14.4 Å². The van der Waals surface area contributed by atoms with E-state index in [4.69, 9.17) is 9.84 Å². The molecule has 5 rings (SSSR count). The van der Waals surface area contributed by atoms with Gasteiger partial charge in [0.25, 0.3) is 11.9 Å². The molecule has 180 valence electrons. The van der Waals surface area contributed by atoms with E-state index in [0.29, 0.717) is 13.0 Å². The molecule has 0 saturated carbocycles. The Morgan fingerprint density at radius 2 is 1.74 bits per heavy atom. The third-order valence-electron chi connectivity index (χ3n) is 6.54. The Bertz CT molecular complexity index is 1230. The van der Waals surface area contributed by atoms with Crippen LogP contribution in [0.5, 0.6) is 0 Å². The lowest BCUT2D eigenvalue weighted by molar-refractivity contribution is -0.138. The predicted octanol–water partition coefficient (Wildman–Crippen LogP) is 3.64. The standard InChI is InChI=1S/C25H25N5O5/c31-21(32)13-15-7-5-6-12-30(15)23(33)22-26-24(29-28-22)27-25(34)35-14-20-18-10-3-1-8-16(18)17-9-2-4-11-19(17)20/h1-4,8-11,15,20H,5-7,12-14H2,(H,31,32)(H2,26,27,28,29,34)/t15-/m0/s1. The highest BCUT2D eigenvalue weighted by molar-refractivity contribution is 5.92. The monoisotopic (exact) mass is 475 g/mol. The lowest BCUT2D eigenvalue weighted by Crippen LogP contribution is -2.45. The molecule has 0 radical (unpaired) electrons. The summed E-state index contributed by atoms with van der Waals surface area (Å²) in [7, 11) is 0. The second-order valence-electron chi connectivity index (χ2n) is 8.70. The van der Waals surface area contributed by atoms with Crippen molar-refractivity contribution in [3.05, 3.63) is 65.5 Å². The van der Waals surface area contributed by atoms with Gasteiger partial charge >= 0.3 is 12.1 Å². The smallest absolute Gasteiger partial charge is 0.414 e. The summed E-state index contributed by atoms with van der Waals surface area (Å²) < 4.78 is 5.49. The highest BCUT2D eigenvalue weighted by Crippen LogP contribution is 2.44. The lowest BCUT2D eigenvalue weighted by Gasteiger charge is -2.34. The van der Waals surface area contributed by atoms with Crippen molar-refractivity contribution in [2.45, 2.75) is 37.6 Å². The first-order chi connectivity index (χ1) is 17.0. The molecule has 2 heterocycles. The Morgan fingerprint density at radius 1 is 1.06 bits per heavy atom. The summed E-state index contributed by atoms with van der Waals surface area (Å²) in [6, 6.07) is 15.7. The number of nitrogens with zero attached hydrogens (tertiary/aromatic N) is 3. The Morgan fingerprint density at radius 3 is 2.43 bits per heavy atom. The minimum absolute atomic E-state index is 0.0590. The normalized spacial score (nSPS) is 16.9. The number of anilines is 1. The molecular formula is C25H25N5O5. The van der Waals surface area contributed by atoms with E-state index in [1.165, 1.54) is 4.90 Å². The van der Waals surface area contributed by atoms with Gasteiger partial charge in [-0.2, -0.15) is 4.98 Å². The number of aliphatic carboxylic acids is 1. The Balaban J connectivity index is 1.22. The first kappa shape index (κ1) is 22.6. The van der Waals surface area contributed by atoms with E-state index in [2.05, 4.69) is 32.6 Å². The number of likely N-dealkylation sites (tertiary alicyclic amines) is 1. The molecule has 0 spiro atoms. The summed E-state index contributed by atoms with van der Waals surface area (Å²) in [5, 5.41) is 18.0. The number of H-pyrrole nitrogens is 1. The summed E-state index contributed by atoms with van der Waals surface area (Å²) >= 11 is 0. The molecule has 1 aliphatic heterocycles. The van der Waals surface area contributed by atoms with Crippen LogP contribution in [0.3, 0.4) is 0 Å². The van der Waals surface area contributed by atoms with Gasteiger partial charge in [0.1, 0.15) is 6.61 Å². The van der Waals surface area contributed by atoms with Gasteiger partial charge in [0.2, 0.25) is 5.82 Å². The van der Waals surface area contributed by atoms with Crippen molar-refractivity contribution in [3.8, 4) is 11.1 Å². The van der Waals surface area contributed by atoms with Gasteiger partial charge in [0.05, 0.1) is 6.42 Å². The Hall–Kier alpha value is -4.21.